The van der Waals surface area contributed by atoms with E-state index in [-0.39, 0.29) is 0 Å². The van der Waals surface area contributed by atoms with Crippen LogP contribution in [-0.2, 0) is 12.8 Å². The molecule has 0 fully saturated rings. The fourth-order valence-electron chi connectivity index (χ4n) is 2.77. The van der Waals surface area contributed by atoms with Crippen molar-refractivity contribution < 1.29 is 0 Å². The van der Waals surface area contributed by atoms with Gasteiger partial charge in [0, 0.05) is 22.6 Å². The summed E-state index contributed by atoms with van der Waals surface area (Å²) in [5.41, 5.74) is 3.29. The predicted molar refractivity (Wildman–Crippen MR) is 87.0 cm³/mol. The minimum Gasteiger partial charge on any atom is -0.317 e. The number of rotatable bonds is 4. The minimum atomic E-state index is 0.702. The Morgan fingerprint density at radius 3 is 3.10 bits per heavy atom. The van der Waals surface area contributed by atoms with Gasteiger partial charge in [-0.25, -0.2) is 9.97 Å². The molecule has 1 unspecified atom stereocenters. The Morgan fingerprint density at radius 2 is 2.29 bits per heavy atom. The number of aromatic nitrogens is 3. The third kappa shape index (κ3) is 3.30. The smallest absolute Gasteiger partial charge is 0.179 e. The maximum atomic E-state index is 4.74. The summed E-state index contributed by atoms with van der Waals surface area (Å²) in [6, 6.07) is 3.87. The van der Waals surface area contributed by atoms with Crippen LogP contribution in [0.15, 0.2) is 29.0 Å². The summed E-state index contributed by atoms with van der Waals surface area (Å²) in [6.45, 7) is 4.27. The van der Waals surface area contributed by atoms with E-state index < -0.39 is 0 Å². The second kappa shape index (κ2) is 6.62. The number of fused-ring (bicyclic) bond motifs is 1. The average Bonchev–Trinajstić information content (AvgIpc) is 2.53. The van der Waals surface area contributed by atoms with Crippen LogP contribution >= 0.6 is 15.9 Å². The van der Waals surface area contributed by atoms with Gasteiger partial charge in [0.05, 0.1) is 0 Å². The highest BCUT2D eigenvalue weighted by Gasteiger charge is 2.21. The van der Waals surface area contributed by atoms with Gasteiger partial charge >= 0.3 is 0 Å². The number of nitrogens with zero attached hydrogens (tertiary/aromatic N) is 3. The first-order valence-corrected chi connectivity index (χ1v) is 8.23. The molecule has 0 aromatic carbocycles. The molecule has 1 aliphatic carbocycles. The zero-order valence-electron chi connectivity index (χ0n) is 12.1. The van der Waals surface area contributed by atoms with Crippen LogP contribution in [0.5, 0.6) is 0 Å². The number of aryl methyl sites for hydroxylation is 1. The molecule has 110 valence electrons. The molecule has 2 heterocycles. The fraction of sp³-hybridized carbons (Fsp3) is 0.438. The zero-order valence-corrected chi connectivity index (χ0v) is 13.7. The second-order valence-electron chi connectivity index (χ2n) is 5.42. The summed E-state index contributed by atoms with van der Waals surface area (Å²) in [5, 5.41) is 3.44. The Morgan fingerprint density at radius 1 is 1.38 bits per heavy atom. The first-order chi connectivity index (χ1) is 10.3. The Hall–Kier alpha value is -1.33. The molecule has 4 nitrogen and oxygen atoms in total. The molecule has 3 rings (SSSR count). The molecular weight excluding hydrogens is 328 g/mol. The maximum Gasteiger partial charge on any atom is 0.179 e. The molecule has 1 N–H and O–H groups in total. The van der Waals surface area contributed by atoms with Crippen molar-refractivity contribution in [1.82, 2.24) is 20.3 Å². The van der Waals surface area contributed by atoms with Crippen molar-refractivity contribution in [2.24, 2.45) is 5.92 Å². The van der Waals surface area contributed by atoms with Crippen molar-refractivity contribution in [2.75, 3.05) is 13.1 Å². The van der Waals surface area contributed by atoms with E-state index >= 15 is 0 Å². The van der Waals surface area contributed by atoms with E-state index in [0.717, 1.165) is 36.1 Å². The molecule has 0 saturated heterocycles. The Bertz CT molecular complexity index is 629. The molecular formula is C16H19BrN4. The molecule has 2 aromatic heterocycles. The van der Waals surface area contributed by atoms with Gasteiger partial charge in [0.15, 0.2) is 5.82 Å². The summed E-state index contributed by atoms with van der Waals surface area (Å²) < 4.78 is 0.936. The molecule has 2 aromatic rings. The summed E-state index contributed by atoms with van der Waals surface area (Å²) in [7, 11) is 0. The van der Waals surface area contributed by atoms with Gasteiger partial charge < -0.3 is 5.32 Å². The van der Waals surface area contributed by atoms with E-state index in [1.165, 1.54) is 17.7 Å². The first kappa shape index (κ1) is 14.6. The normalized spacial score (nSPS) is 17.5. The summed E-state index contributed by atoms with van der Waals surface area (Å²) >= 11 is 3.52. The number of nitrogens with one attached hydrogen (secondary N) is 1. The van der Waals surface area contributed by atoms with Crippen LogP contribution in [0.25, 0.3) is 11.5 Å². The van der Waals surface area contributed by atoms with Crippen molar-refractivity contribution in [1.29, 1.82) is 0 Å². The summed E-state index contributed by atoms with van der Waals surface area (Å²) in [5.74, 6) is 1.42. The van der Waals surface area contributed by atoms with Gasteiger partial charge in [-0.1, -0.05) is 6.92 Å². The molecule has 1 aliphatic rings. The predicted octanol–water partition coefficient (Wildman–Crippen LogP) is 3.02. The van der Waals surface area contributed by atoms with Crippen molar-refractivity contribution >= 4 is 15.9 Å². The Labute approximate surface area is 133 Å². The SMILES string of the molecule is CCNCC1CCc2nc(-c3ncccc3Br)ncc2C1. The summed E-state index contributed by atoms with van der Waals surface area (Å²) in [6.07, 6.45) is 7.06. The van der Waals surface area contributed by atoms with Gasteiger partial charge in [0.2, 0.25) is 0 Å². The number of pyridine rings is 1. The fourth-order valence-corrected chi connectivity index (χ4v) is 3.20. The third-order valence-corrected chi connectivity index (χ3v) is 4.55. The molecule has 5 heteroatoms. The standard InChI is InChI=1S/C16H19BrN4/c1-2-18-9-11-5-6-14-12(8-11)10-20-16(21-14)15-13(17)4-3-7-19-15/h3-4,7,10-11,18H,2,5-6,8-9H2,1H3. The maximum absolute atomic E-state index is 4.74. The van der Waals surface area contributed by atoms with Gasteiger partial charge in [-0.05, 0) is 71.9 Å². The average molecular weight is 347 g/mol. The van der Waals surface area contributed by atoms with Gasteiger partial charge in [0.1, 0.15) is 5.69 Å². The molecule has 0 spiro atoms. The molecule has 21 heavy (non-hydrogen) atoms. The minimum absolute atomic E-state index is 0.702. The lowest BCUT2D eigenvalue weighted by atomic mass is 9.87. The van der Waals surface area contributed by atoms with Crippen molar-refractivity contribution in [3.05, 3.63) is 40.3 Å². The quantitative estimate of drug-likeness (QED) is 0.924. The van der Waals surface area contributed by atoms with Crippen molar-refractivity contribution in [3.8, 4) is 11.5 Å². The monoisotopic (exact) mass is 346 g/mol. The van der Waals surface area contributed by atoms with E-state index in [2.05, 4.69) is 38.1 Å². The van der Waals surface area contributed by atoms with E-state index in [4.69, 9.17) is 4.98 Å². The van der Waals surface area contributed by atoms with Crippen LogP contribution in [-0.4, -0.2) is 28.0 Å². The Kier molecular flexibility index (Phi) is 4.60. The lowest BCUT2D eigenvalue weighted by Gasteiger charge is -2.24. The van der Waals surface area contributed by atoms with Gasteiger partial charge in [-0.3, -0.25) is 4.98 Å². The van der Waals surface area contributed by atoms with Gasteiger partial charge in [0.25, 0.3) is 0 Å². The van der Waals surface area contributed by atoms with Gasteiger partial charge in [-0.15, -0.1) is 0 Å². The van der Waals surface area contributed by atoms with E-state index in [9.17, 15) is 0 Å². The first-order valence-electron chi connectivity index (χ1n) is 7.44. The van der Waals surface area contributed by atoms with E-state index in [1.807, 2.05) is 18.3 Å². The van der Waals surface area contributed by atoms with Gasteiger partial charge in [-0.2, -0.15) is 0 Å². The van der Waals surface area contributed by atoms with Crippen LogP contribution in [0.3, 0.4) is 0 Å². The molecule has 0 bridgehead atoms. The van der Waals surface area contributed by atoms with E-state index in [0.29, 0.717) is 11.7 Å². The highest BCUT2D eigenvalue weighted by atomic mass is 79.9. The molecule has 0 radical (unpaired) electrons. The number of hydrogen-bond acceptors (Lipinski definition) is 4. The second-order valence-corrected chi connectivity index (χ2v) is 6.27. The van der Waals surface area contributed by atoms with E-state index in [1.54, 1.807) is 6.20 Å². The molecule has 0 saturated carbocycles. The molecule has 1 atom stereocenters. The molecule has 0 amide bonds. The van der Waals surface area contributed by atoms with Crippen molar-refractivity contribution in [2.45, 2.75) is 26.2 Å². The lowest BCUT2D eigenvalue weighted by molar-refractivity contribution is 0.424. The summed E-state index contributed by atoms with van der Waals surface area (Å²) in [4.78, 5) is 13.6. The van der Waals surface area contributed by atoms with Crippen LogP contribution in [0.2, 0.25) is 0 Å². The molecule has 0 aliphatic heterocycles. The van der Waals surface area contributed by atoms with Crippen LogP contribution in [0.1, 0.15) is 24.6 Å². The number of halogens is 1. The van der Waals surface area contributed by atoms with Crippen LogP contribution in [0, 0.1) is 5.92 Å². The lowest BCUT2D eigenvalue weighted by Crippen LogP contribution is -2.27. The topological polar surface area (TPSA) is 50.7 Å². The van der Waals surface area contributed by atoms with Crippen LogP contribution < -0.4 is 5.32 Å². The Balaban J connectivity index is 1.82. The largest absolute Gasteiger partial charge is 0.317 e. The number of hydrogen-bond donors (Lipinski definition) is 1. The van der Waals surface area contributed by atoms with Crippen molar-refractivity contribution in [3.63, 3.8) is 0 Å². The third-order valence-electron chi connectivity index (χ3n) is 3.91. The zero-order chi connectivity index (χ0) is 14.7. The van der Waals surface area contributed by atoms with Crippen LogP contribution in [0.4, 0.5) is 0 Å². The highest BCUT2D eigenvalue weighted by molar-refractivity contribution is 9.10. The highest BCUT2D eigenvalue weighted by Crippen LogP contribution is 2.27.